The summed E-state index contributed by atoms with van der Waals surface area (Å²) in [6, 6.07) is 5.15. The Hall–Kier alpha value is -1.26. The summed E-state index contributed by atoms with van der Waals surface area (Å²) in [6.07, 6.45) is 3.53. The number of nitrogen functional groups attached to an aromatic ring is 1. The molecule has 1 saturated heterocycles. The number of carbonyl (C=O) groups excluding carboxylic acids is 1. The lowest BCUT2D eigenvalue weighted by Gasteiger charge is -2.26. The first-order chi connectivity index (χ1) is 9.98. The standard InChI is InChI=1S/C16H24ClN3O/c1-3-16(4-2)7-8-20(11-16)10-15(21)19-12-5-6-13(17)14(18)9-12/h5-6,9H,3-4,7-8,10-11,18H2,1-2H3,(H,19,21). The van der Waals surface area contributed by atoms with Gasteiger partial charge in [0.15, 0.2) is 0 Å². The molecule has 0 unspecified atom stereocenters. The second kappa shape index (κ2) is 6.67. The molecule has 1 aromatic rings. The Labute approximate surface area is 131 Å². The first kappa shape index (κ1) is 16.1. The summed E-state index contributed by atoms with van der Waals surface area (Å²) in [4.78, 5) is 14.4. The molecule has 1 aromatic carbocycles. The number of amides is 1. The number of nitrogens with two attached hydrogens (primary N) is 1. The summed E-state index contributed by atoms with van der Waals surface area (Å²) in [6.45, 7) is 6.92. The van der Waals surface area contributed by atoms with Crippen LogP contribution in [0.5, 0.6) is 0 Å². The molecule has 1 amide bonds. The van der Waals surface area contributed by atoms with Crippen molar-refractivity contribution in [3.05, 3.63) is 23.2 Å². The molecule has 0 atom stereocenters. The molecule has 0 aliphatic carbocycles. The molecule has 0 spiro atoms. The van der Waals surface area contributed by atoms with Crippen molar-refractivity contribution in [2.24, 2.45) is 5.41 Å². The zero-order valence-corrected chi connectivity index (χ0v) is 13.5. The minimum absolute atomic E-state index is 0.000251. The molecule has 0 saturated carbocycles. The van der Waals surface area contributed by atoms with Gasteiger partial charge in [-0.05, 0) is 49.4 Å². The van der Waals surface area contributed by atoms with E-state index in [4.69, 9.17) is 17.3 Å². The maximum absolute atomic E-state index is 12.1. The second-order valence-electron chi connectivity index (χ2n) is 5.95. The molecular weight excluding hydrogens is 286 g/mol. The minimum atomic E-state index is -0.000251. The smallest absolute Gasteiger partial charge is 0.238 e. The van der Waals surface area contributed by atoms with Crippen molar-refractivity contribution >= 4 is 28.9 Å². The van der Waals surface area contributed by atoms with E-state index >= 15 is 0 Å². The van der Waals surface area contributed by atoms with E-state index in [0.29, 0.717) is 28.4 Å². The molecule has 1 heterocycles. The van der Waals surface area contributed by atoms with E-state index in [1.54, 1.807) is 18.2 Å². The van der Waals surface area contributed by atoms with E-state index in [9.17, 15) is 4.79 Å². The van der Waals surface area contributed by atoms with Gasteiger partial charge in [0.1, 0.15) is 0 Å². The van der Waals surface area contributed by atoms with Gasteiger partial charge in [0, 0.05) is 12.2 Å². The van der Waals surface area contributed by atoms with Gasteiger partial charge in [-0.2, -0.15) is 0 Å². The Morgan fingerprint density at radius 2 is 2.14 bits per heavy atom. The topological polar surface area (TPSA) is 58.4 Å². The Morgan fingerprint density at radius 3 is 2.71 bits per heavy atom. The van der Waals surface area contributed by atoms with Crippen LogP contribution < -0.4 is 11.1 Å². The molecule has 1 aliphatic heterocycles. The summed E-state index contributed by atoms with van der Waals surface area (Å²) < 4.78 is 0. The van der Waals surface area contributed by atoms with Gasteiger partial charge >= 0.3 is 0 Å². The highest BCUT2D eigenvalue weighted by Gasteiger charge is 2.35. The van der Waals surface area contributed by atoms with E-state index in [0.717, 1.165) is 13.1 Å². The van der Waals surface area contributed by atoms with Crippen molar-refractivity contribution in [3.63, 3.8) is 0 Å². The van der Waals surface area contributed by atoms with Gasteiger partial charge in [-0.25, -0.2) is 0 Å². The molecule has 0 radical (unpaired) electrons. The van der Waals surface area contributed by atoms with Crippen molar-refractivity contribution in [3.8, 4) is 0 Å². The number of likely N-dealkylation sites (tertiary alicyclic amines) is 1. The first-order valence-corrected chi connectivity index (χ1v) is 7.93. The monoisotopic (exact) mass is 309 g/mol. The van der Waals surface area contributed by atoms with Crippen molar-refractivity contribution in [1.82, 2.24) is 4.90 Å². The third-order valence-corrected chi connectivity index (χ3v) is 5.01. The van der Waals surface area contributed by atoms with Crippen LogP contribution in [0.1, 0.15) is 33.1 Å². The summed E-state index contributed by atoms with van der Waals surface area (Å²) in [7, 11) is 0. The molecule has 21 heavy (non-hydrogen) atoms. The highest BCUT2D eigenvalue weighted by molar-refractivity contribution is 6.33. The Kier molecular flexibility index (Phi) is 5.12. The van der Waals surface area contributed by atoms with E-state index in [2.05, 4.69) is 24.1 Å². The number of hydrogen-bond acceptors (Lipinski definition) is 3. The van der Waals surface area contributed by atoms with Crippen LogP contribution in [0.25, 0.3) is 0 Å². The van der Waals surface area contributed by atoms with Gasteiger partial charge in [0.2, 0.25) is 5.91 Å². The number of carbonyl (C=O) groups is 1. The minimum Gasteiger partial charge on any atom is -0.397 e. The van der Waals surface area contributed by atoms with Crippen molar-refractivity contribution < 1.29 is 4.79 Å². The maximum atomic E-state index is 12.1. The van der Waals surface area contributed by atoms with Crippen LogP contribution in [0, 0.1) is 5.41 Å². The van der Waals surface area contributed by atoms with Gasteiger partial charge in [0.25, 0.3) is 0 Å². The molecule has 0 aromatic heterocycles. The molecule has 3 N–H and O–H groups in total. The van der Waals surface area contributed by atoms with E-state index in [1.807, 2.05) is 0 Å². The molecule has 5 heteroatoms. The molecule has 1 aliphatic rings. The fraction of sp³-hybridized carbons (Fsp3) is 0.562. The lowest BCUT2D eigenvalue weighted by molar-refractivity contribution is -0.117. The van der Waals surface area contributed by atoms with Crippen LogP contribution in [0.2, 0.25) is 5.02 Å². The maximum Gasteiger partial charge on any atom is 0.238 e. The van der Waals surface area contributed by atoms with Crippen molar-refractivity contribution in [1.29, 1.82) is 0 Å². The lowest BCUT2D eigenvalue weighted by Crippen LogP contribution is -2.33. The largest absolute Gasteiger partial charge is 0.397 e. The third kappa shape index (κ3) is 3.89. The van der Waals surface area contributed by atoms with Gasteiger partial charge in [-0.15, -0.1) is 0 Å². The summed E-state index contributed by atoms with van der Waals surface area (Å²) >= 11 is 5.87. The van der Waals surface area contributed by atoms with Gasteiger partial charge < -0.3 is 11.1 Å². The Balaban J connectivity index is 1.89. The highest BCUT2D eigenvalue weighted by atomic mass is 35.5. The van der Waals surface area contributed by atoms with Gasteiger partial charge in [0.05, 0.1) is 17.3 Å². The number of hydrogen-bond donors (Lipinski definition) is 2. The summed E-state index contributed by atoms with van der Waals surface area (Å²) in [5, 5.41) is 3.38. The fourth-order valence-corrected chi connectivity index (χ4v) is 3.13. The number of anilines is 2. The van der Waals surface area contributed by atoms with E-state index in [1.165, 1.54) is 19.3 Å². The van der Waals surface area contributed by atoms with E-state index in [-0.39, 0.29) is 5.91 Å². The van der Waals surface area contributed by atoms with Crippen LogP contribution in [-0.2, 0) is 4.79 Å². The fourth-order valence-electron chi connectivity index (χ4n) is 3.01. The Morgan fingerprint density at radius 1 is 1.43 bits per heavy atom. The predicted molar refractivity (Wildman–Crippen MR) is 88.6 cm³/mol. The number of nitrogens with one attached hydrogen (secondary N) is 1. The zero-order chi connectivity index (χ0) is 15.5. The number of rotatable bonds is 5. The number of nitrogens with zero attached hydrogens (tertiary/aromatic N) is 1. The second-order valence-corrected chi connectivity index (χ2v) is 6.36. The van der Waals surface area contributed by atoms with Crippen LogP contribution in [0.3, 0.4) is 0 Å². The SMILES string of the molecule is CCC1(CC)CCN(CC(=O)Nc2ccc(Cl)c(N)c2)C1. The molecule has 2 rings (SSSR count). The van der Waals surface area contributed by atoms with Gasteiger partial charge in [-0.1, -0.05) is 25.4 Å². The Bertz CT molecular complexity index is 514. The van der Waals surface area contributed by atoms with Gasteiger partial charge in [-0.3, -0.25) is 9.69 Å². The number of halogens is 1. The van der Waals surface area contributed by atoms with Crippen molar-refractivity contribution in [2.75, 3.05) is 30.7 Å². The first-order valence-electron chi connectivity index (χ1n) is 7.55. The van der Waals surface area contributed by atoms with Crippen LogP contribution in [0.4, 0.5) is 11.4 Å². The average Bonchev–Trinajstić information content (AvgIpc) is 2.87. The quantitative estimate of drug-likeness (QED) is 0.820. The lowest BCUT2D eigenvalue weighted by atomic mass is 9.82. The summed E-state index contributed by atoms with van der Waals surface area (Å²) in [5.41, 5.74) is 7.30. The van der Waals surface area contributed by atoms with Crippen LogP contribution in [0.15, 0.2) is 18.2 Å². The molecular formula is C16H24ClN3O. The third-order valence-electron chi connectivity index (χ3n) is 4.66. The predicted octanol–water partition coefficient (Wildman–Crippen LogP) is 3.37. The normalized spacial score (nSPS) is 17.9. The average molecular weight is 310 g/mol. The zero-order valence-electron chi connectivity index (χ0n) is 12.8. The molecule has 1 fully saturated rings. The summed E-state index contributed by atoms with van der Waals surface area (Å²) in [5.74, 6) is -0.000251. The molecule has 116 valence electrons. The van der Waals surface area contributed by atoms with Crippen molar-refractivity contribution in [2.45, 2.75) is 33.1 Å². The van der Waals surface area contributed by atoms with Crippen LogP contribution in [-0.4, -0.2) is 30.4 Å². The van der Waals surface area contributed by atoms with Crippen LogP contribution >= 0.6 is 11.6 Å². The molecule has 0 bridgehead atoms. The number of benzene rings is 1. The highest BCUT2D eigenvalue weighted by Crippen LogP contribution is 2.36. The van der Waals surface area contributed by atoms with E-state index < -0.39 is 0 Å². The molecule has 4 nitrogen and oxygen atoms in total.